The van der Waals surface area contributed by atoms with Crippen LogP contribution in [0.5, 0.6) is 0 Å². The highest BCUT2D eigenvalue weighted by Crippen LogP contribution is 2.32. The van der Waals surface area contributed by atoms with Gasteiger partial charge < -0.3 is 14.3 Å². The molecule has 6 heteroatoms. The third kappa shape index (κ3) is 4.19. The van der Waals surface area contributed by atoms with Crippen LogP contribution < -0.4 is 4.90 Å². The molecule has 0 amide bonds. The highest BCUT2D eigenvalue weighted by Gasteiger charge is 2.17. The molecule has 0 saturated heterocycles. The van der Waals surface area contributed by atoms with Gasteiger partial charge in [0.15, 0.2) is 5.78 Å². The average Bonchev–Trinajstić information content (AvgIpc) is 3.14. The second kappa shape index (κ2) is 9.14. The summed E-state index contributed by atoms with van der Waals surface area (Å²) in [7, 11) is 3.97. The molecule has 0 bridgehead atoms. The summed E-state index contributed by atoms with van der Waals surface area (Å²) < 4.78 is 2.23. The van der Waals surface area contributed by atoms with Gasteiger partial charge in [0.25, 0.3) is 0 Å². The second-order valence-electron chi connectivity index (χ2n) is 8.69. The number of fused-ring (bicyclic) bond motifs is 3. The zero-order valence-corrected chi connectivity index (χ0v) is 20.5. The third-order valence-corrected chi connectivity index (χ3v) is 6.14. The average molecular weight is 456 g/mol. The second-order valence-corrected chi connectivity index (χ2v) is 8.69. The van der Waals surface area contributed by atoms with E-state index in [1.807, 2.05) is 80.5 Å². The Bertz CT molecular complexity index is 1460. The Morgan fingerprint density at radius 2 is 1.53 bits per heavy atom. The molecule has 0 N–H and O–H groups in total. The van der Waals surface area contributed by atoms with Gasteiger partial charge in [0.05, 0.1) is 5.71 Å². The van der Waals surface area contributed by atoms with Gasteiger partial charge in [-0.05, 0) is 80.4 Å². The Morgan fingerprint density at radius 1 is 0.912 bits per heavy atom. The minimum absolute atomic E-state index is 0.00543. The first-order chi connectivity index (χ1) is 16.2. The smallest absolute Gasteiger partial charge is 0.331 e. The maximum atomic E-state index is 13.4. The first kappa shape index (κ1) is 23.2. The molecule has 4 aromatic rings. The summed E-state index contributed by atoms with van der Waals surface area (Å²) in [6, 6.07) is 17.9. The van der Waals surface area contributed by atoms with Gasteiger partial charge in [-0.2, -0.15) is 0 Å². The summed E-state index contributed by atoms with van der Waals surface area (Å²) in [5, 5.41) is 5.96. The molecule has 6 nitrogen and oxygen atoms in total. The molecule has 0 fully saturated rings. The quantitative estimate of drug-likeness (QED) is 0.162. The van der Waals surface area contributed by atoms with Crippen LogP contribution in [0.4, 0.5) is 5.69 Å². The van der Waals surface area contributed by atoms with Crippen LogP contribution in [0.1, 0.15) is 47.8 Å². The van der Waals surface area contributed by atoms with Gasteiger partial charge in [-0.25, -0.2) is 4.79 Å². The minimum atomic E-state index is -0.458. The summed E-state index contributed by atoms with van der Waals surface area (Å²) in [4.78, 5) is 31.4. The summed E-state index contributed by atoms with van der Waals surface area (Å²) in [6.07, 6.45) is 0. The van der Waals surface area contributed by atoms with E-state index in [2.05, 4.69) is 16.6 Å². The van der Waals surface area contributed by atoms with Gasteiger partial charge in [-0.1, -0.05) is 11.2 Å². The summed E-state index contributed by atoms with van der Waals surface area (Å²) in [5.41, 5.74) is 6.99. The number of aromatic nitrogens is 1. The van der Waals surface area contributed by atoms with Gasteiger partial charge in [-0.3, -0.25) is 4.79 Å². The molecular formula is C28H29N3O3. The van der Waals surface area contributed by atoms with Crippen LogP contribution in [0.2, 0.25) is 0 Å². The van der Waals surface area contributed by atoms with Crippen molar-refractivity contribution in [3.05, 3.63) is 76.9 Å². The van der Waals surface area contributed by atoms with Crippen molar-refractivity contribution in [1.82, 2.24) is 4.57 Å². The number of carbonyl (C=O) groups is 2. The number of aryl methyl sites for hydroxylation is 2. The SMILES string of the molecule is CCn1c2ccc(C(=O)c3ccc(N(C)C)cc3C)cc2c2cc(C(C)=NOC(C)=O)ccc21. The van der Waals surface area contributed by atoms with Crippen LogP contribution in [0.15, 0.2) is 59.8 Å². The van der Waals surface area contributed by atoms with Crippen LogP contribution in [-0.2, 0) is 16.2 Å². The van der Waals surface area contributed by atoms with Crippen LogP contribution in [0, 0.1) is 6.92 Å². The molecule has 1 aromatic heterocycles. The molecule has 0 atom stereocenters. The molecule has 4 rings (SSSR count). The number of anilines is 1. The molecule has 0 spiro atoms. The van der Waals surface area contributed by atoms with Crippen LogP contribution in [0.3, 0.4) is 0 Å². The minimum Gasteiger partial charge on any atom is -0.378 e. The predicted octanol–water partition coefficient (Wildman–Crippen LogP) is 5.71. The van der Waals surface area contributed by atoms with Crippen molar-refractivity contribution >= 4 is 45.0 Å². The van der Waals surface area contributed by atoms with E-state index in [1.54, 1.807) is 6.92 Å². The van der Waals surface area contributed by atoms with Crippen molar-refractivity contribution in [3.63, 3.8) is 0 Å². The van der Waals surface area contributed by atoms with Crippen molar-refractivity contribution in [3.8, 4) is 0 Å². The summed E-state index contributed by atoms with van der Waals surface area (Å²) in [6.45, 7) is 8.01. The highest BCUT2D eigenvalue weighted by atomic mass is 16.7. The van der Waals surface area contributed by atoms with E-state index in [0.29, 0.717) is 16.8 Å². The van der Waals surface area contributed by atoms with Gasteiger partial charge in [-0.15, -0.1) is 0 Å². The number of hydrogen-bond acceptors (Lipinski definition) is 5. The molecule has 0 aliphatic rings. The van der Waals surface area contributed by atoms with E-state index in [1.165, 1.54) is 6.92 Å². The maximum absolute atomic E-state index is 13.4. The molecule has 0 radical (unpaired) electrons. The number of rotatable bonds is 6. The van der Waals surface area contributed by atoms with Gasteiger partial charge in [0.1, 0.15) is 0 Å². The van der Waals surface area contributed by atoms with Crippen LogP contribution >= 0.6 is 0 Å². The van der Waals surface area contributed by atoms with Crippen molar-refractivity contribution in [2.24, 2.45) is 5.16 Å². The lowest BCUT2D eigenvalue weighted by Gasteiger charge is -2.14. The van der Waals surface area contributed by atoms with E-state index >= 15 is 0 Å². The predicted molar refractivity (Wildman–Crippen MR) is 138 cm³/mol. The standard InChI is InChI=1S/C28H29N3O3/c1-7-31-26-12-8-20(18(3)29-34-19(4)32)15-24(26)25-16-21(9-13-27(25)31)28(33)23-11-10-22(30(5)6)14-17(23)2/h8-16H,7H2,1-6H3. The number of oxime groups is 1. The van der Waals surface area contributed by atoms with E-state index in [-0.39, 0.29) is 5.78 Å². The van der Waals surface area contributed by atoms with Gasteiger partial charge in [0, 0.05) is 66.2 Å². The number of hydrogen-bond donors (Lipinski definition) is 0. The molecule has 1 heterocycles. The number of benzene rings is 3. The fourth-order valence-corrected chi connectivity index (χ4v) is 4.33. The Morgan fingerprint density at radius 3 is 2.09 bits per heavy atom. The van der Waals surface area contributed by atoms with Crippen molar-refractivity contribution < 1.29 is 14.4 Å². The first-order valence-corrected chi connectivity index (χ1v) is 11.3. The lowest BCUT2D eigenvalue weighted by atomic mass is 9.97. The maximum Gasteiger partial charge on any atom is 0.331 e. The van der Waals surface area contributed by atoms with Crippen LogP contribution in [-0.4, -0.2) is 36.1 Å². The van der Waals surface area contributed by atoms with Crippen molar-refractivity contribution in [2.75, 3.05) is 19.0 Å². The molecule has 34 heavy (non-hydrogen) atoms. The molecule has 0 saturated carbocycles. The topological polar surface area (TPSA) is 63.9 Å². The monoisotopic (exact) mass is 455 g/mol. The number of nitrogens with zero attached hydrogens (tertiary/aromatic N) is 3. The third-order valence-electron chi connectivity index (χ3n) is 6.14. The number of carbonyl (C=O) groups excluding carboxylic acids is 2. The Balaban J connectivity index is 1.84. The fraction of sp³-hybridized carbons (Fsp3) is 0.250. The van der Waals surface area contributed by atoms with Crippen LogP contribution in [0.25, 0.3) is 21.8 Å². The molecule has 0 aliphatic carbocycles. The van der Waals surface area contributed by atoms with Crippen molar-refractivity contribution in [2.45, 2.75) is 34.2 Å². The largest absolute Gasteiger partial charge is 0.378 e. The Kier molecular flexibility index (Phi) is 6.24. The normalized spacial score (nSPS) is 11.8. The molecule has 0 aliphatic heterocycles. The number of ketones is 1. The molecule has 0 unspecified atom stereocenters. The fourth-order valence-electron chi connectivity index (χ4n) is 4.33. The summed E-state index contributed by atoms with van der Waals surface area (Å²) >= 11 is 0. The Hall–Kier alpha value is -3.93. The van der Waals surface area contributed by atoms with Gasteiger partial charge >= 0.3 is 5.97 Å². The zero-order chi connectivity index (χ0) is 24.6. The van der Waals surface area contributed by atoms with E-state index < -0.39 is 5.97 Å². The van der Waals surface area contributed by atoms with E-state index in [4.69, 9.17) is 4.84 Å². The van der Waals surface area contributed by atoms with Gasteiger partial charge in [0.2, 0.25) is 0 Å². The zero-order valence-electron chi connectivity index (χ0n) is 20.5. The molecule has 3 aromatic carbocycles. The van der Waals surface area contributed by atoms with E-state index in [0.717, 1.165) is 45.2 Å². The first-order valence-electron chi connectivity index (χ1n) is 11.3. The molecular weight excluding hydrogens is 426 g/mol. The van der Waals surface area contributed by atoms with Crippen molar-refractivity contribution in [1.29, 1.82) is 0 Å². The lowest BCUT2D eigenvalue weighted by Crippen LogP contribution is -2.10. The lowest BCUT2D eigenvalue weighted by molar-refractivity contribution is -0.140. The van der Waals surface area contributed by atoms with E-state index in [9.17, 15) is 9.59 Å². The Labute approximate surface area is 199 Å². The highest BCUT2D eigenvalue weighted by molar-refractivity contribution is 6.16. The summed E-state index contributed by atoms with van der Waals surface area (Å²) in [5.74, 6) is -0.453. The molecule has 174 valence electrons.